The van der Waals surface area contributed by atoms with Crippen LogP contribution in [0, 0.1) is 6.92 Å². The van der Waals surface area contributed by atoms with E-state index in [-0.39, 0.29) is 6.10 Å². The highest BCUT2D eigenvalue weighted by Gasteiger charge is 2.23. The molecule has 0 aliphatic carbocycles. The van der Waals surface area contributed by atoms with Crippen molar-refractivity contribution in [2.45, 2.75) is 71.7 Å². The first-order chi connectivity index (χ1) is 16.7. The smallest absolute Gasteiger partial charge is 0.222 e. The molecule has 0 saturated carbocycles. The molecule has 0 N–H and O–H groups in total. The van der Waals surface area contributed by atoms with Crippen molar-refractivity contribution in [1.82, 2.24) is 9.88 Å². The Hall–Kier alpha value is -2.92. The lowest BCUT2D eigenvalue weighted by Crippen LogP contribution is -2.40. The second-order valence-electron chi connectivity index (χ2n) is 9.15. The van der Waals surface area contributed by atoms with E-state index in [9.17, 15) is 4.79 Å². The number of nitrogens with zero attached hydrogens (tertiary/aromatic N) is 2. The van der Waals surface area contributed by atoms with E-state index >= 15 is 0 Å². The molecule has 0 unspecified atom stereocenters. The van der Waals surface area contributed by atoms with Gasteiger partial charge in [0.1, 0.15) is 12.4 Å². The van der Waals surface area contributed by atoms with Crippen LogP contribution < -0.4 is 4.74 Å². The minimum Gasteiger partial charge on any atom is -0.488 e. The number of unbranched alkanes of at least 4 members (excludes halogenated alkanes) is 2. The summed E-state index contributed by atoms with van der Waals surface area (Å²) < 4.78 is 12.6. The third-order valence-corrected chi connectivity index (χ3v) is 6.65. The summed E-state index contributed by atoms with van der Waals surface area (Å²) in [5, 5.41) is 1.02. The fraction of sp³-hybridized carbons (Fsp3) is 0.448. The number of aromatic nitrogens is 1. The van der Waals surface area contributed by atoms with Crippen LogP contribution in [0.2, 0.25) is 0 Å². The van der Waals surface area contributed by atoms with Gasteiger partial charge in [-0.05, 0) is 43.9 Å². The lowest BCUT2D eigenvalue weighted by molar-refractivity contribution is -0.134. The molecule has 3 aromatic rings. The number of likely N-dealkylation sites (tertiary alicyclic amines) is 1. The summed E-state index contributed by atoms with van der Waals surface area (Å²) in [6.45, 7) is 6.76. The Kier molecular flexibility index (Phi) is 8.53. The Morgan fingerprint density at radius 3 is 2.50 bits per heavy atom. The van der Waals surface area contributed by atoms with Gasteiger partial charge in [0, 0.05) is 30.5 Å². The number of piperidine rings is 1. The number of carbonyl (C=O) groups excluding carboxylic acids is 1. The highest BCUT2D eigenvalue weighted by molar-refractivity contribution is 5.86. The molecule has 1 aromatic heterocycles. The number of hydrogen-bond acceptors (Lipinski definition) is 4. The molecule has 0 bridgehead atoms. The van der Waals surface area contributed by atoms with E-state index < -0.39 is 0 Å². The van der Waals surface area contributed by atoms with Crippen LogP contribution in [0.3, 0.4) is 0 Å². The zero-order chi connectivity index (χ0) is 23.8. The Labute approximate surface area is 203 Å². The summed E-state index contributed by atoms with van der Waals surface area (Å²) in [5.74, 6) is 1.17. The number of ether oxygens (including phenoxy) is 2. The van der Waals surface area contributed by atoms with Crippen molar-refractivity contribution in [3.8, 4) is 5.75 Å². The van der Waals surface area contributed by atoms with Crippen molar-refractivity contribution in [2.24, 2.45) is 0 Å². The van der Waals surface area contributed by atoms with Gasteiger partial charge < -0.3 is 14.4 Å². The maximum absolute atomic E-state index is 12.4. The maximum Gasteiger partial charge on any atom is 0.222 e. The Morgan fingerprint density at radius 1 is 1.00 bits per heavy atom. The molecule has 0 atom stereocenters. The van der Waals surface area contributed by atoms with Crippen LogP contribution in [-0.4, -0.2) is 35.0 Å². The van der Waals surface area contributed by atoms with Gasteiger partial charge in [-0.15, -0.1) is 0 Å². The predicted molar refractivity (Wildman–Crippen MR) is 136 cm³/mol. The van der Waals surface area contributed by atoms with E-state index in [0.717, 1.165) is 78.7 Å². The van der Waals surface area contributed by atoms with Crippen LogP contribution in [0.25, 0.3) is 10.9 Å². The molecule has 1 aliphatic heterocycles. The van der Waals surface area contributed by atoms with Crippen molar-refractivity contribution in [2.75, 3.05) is 13.1 Å². The molecule has 2 heterocycles. The molecule has 0 spiro atoms. The average molecular weight is 461 g/mol. The first-order valence-corrected chi connectivity index (χ1v) is 12.6. The van der Waals surface area contributed by atoms with Gasteiger partial charge in [0.25, 0.3) is 0 Å². The molecule has 2 aromatic carbocycles. The van der Waals surface area contributed by atoms with Crippen LogP contribution in [0.4, 0.5) is 0 Å². The lowest BCUT2D eigenvalue weighted by atomic mass is 10.1. The van der Waals surface area contributed by atoms with E-state index in [2.05, 4.69) is 32.0 Å². The Bertz CT molecular complexity index is 1080. The van der Waals surface area contributed by atoms with Gasteiger partial charge in [-0.1, -0.05) is 62.2 Å². The second-order valence-corrected chi connectivity index (χ2v) is 9.15. The fourth-order valence-corrected chi connectivity index (χ4v) is 4.53. The van der Waals surface area contributed by atoms with Gasteiger partial charge in [-0.2, -0.15) is 0 Å². The van der Waals surface area contributed by atoms with E-state index in [1.54, 1.807) is 0 Å². The Morgan fingerprint density at radius 2 is 1.74 bits per heavy atom. The van der Waals surface area contributed by atoms with E-state index in [1.165, 1.54) is 0 Å². The number of benzene rings is 2. The molecule has 5 nitrogen and oxygen atoms in total. The van der Waals surface area contributed by atoms with Gasteiger partial charge in [0.05, 0.1) is 23.9 Å². The fourth-order valence-electron chi connectivity index (χ4n) is 4.53. The van der Waals surface area contributed by atoms with Crippen LogP contribution >= 0.6 is 0 Å². The number of amides is 1. The van der Waals surface area contributed by atoms with E-state index in [0.29, 0.717) is 25.5 Å². The van der Waals surface area contributed by atoms with Gasteiger partial charge >= 0.3 is 0 Å². The van der Waals surface area contributed by atoms with Crippen molar-refractivity contribution in [3.05, 3.63) is 71.4 Å². The SMILES string of the molecule is CCCCCC(=O)N1CCC(OCc2nc3ccccc3c(OCc3ccccc3)c2C)CC1. The molecular formula is C29H36N2O3. The van der Waals surface area contributed by atoms with Crippen LogP contribution in [0.1, 0.15) is 62.3 Å². The number of rotatable bonds is 10. The maximum atomic E-state index is 12.4. The van der Waals surface area contributed by atoms with Gasteiger partial charge in [0.2, 0.25) is 5.91 Å². The quantitative estimate of drug-likeness (QED) is 0.338. The summed E-state index contributed by atoms with van der Waals surface area (Å²) in [7, 11) is 0. The highest BCUT2D eigenvalue weighted by Crippen LogP contribution is 2.32. The molecule has 1 amide bonds. The molecule has 1 fully saturated rings. The average Bonchev–Trinajstić information content (AvgIpc) is 2.88. The molecule has 1 aliphatic rings. The number of carbonyl (C=O) groups is 1. The van der Waals surface area contributed by atoms with Gasteiger partial charge in [-0.3, -0.25) is 4.79 Å². The standard InChI is InChI=1S/C29H36N2O3/c1-3-4-6-15-28(32)31-18-16-24(17-19-31)33-21-27-22(2)29(25-13-9-10-14-26(25)30-27)34-20-23-11-7-5-8-12-23/h5,7-14,24H,3-4,6,15-21H2,1-2H3. The van der Waals surface area contributed by atoms with Crippen LogP contribution in [0.15, 0.2) is 54.6 Å². The monoisotopic (exact) mass is 460 g/mol. The molecule has 180 valence electrons. The second kappa shape index (κ2) is 12.0. The topological polar surface area (TPSA) is 51.7 Å². The Balaban J connectivity index is 1.39. The minimum absolute atomic E-state index is 0.154. The summed E-state index contributed by atoms with van der Waals surface area (Å²) in [6.07, 6.45) is 5.84. The third-order valence-electron chi connectivity index (χ3n) is 6.65. The first kappa shape index (κ1) is 24.2. The number of pyridine rings is 1. The molecule has 4 rings (SSSR count). The number of fused-ring (bicyclic) bond motifs is 1. The number of hydrogen-bond donors (Lipinski definition) is 0. The number of para-hydroxylation sites is 1. The largest absolute Gasteiger partial charge is 0.488 e. The summed E-state index contributed by atoms with van der Waals surface area (Å²) in [6, 6.07) is 18.3. The van der Waals surface area contributed by atoms with Crippen LogP contribution in [-0.2, 0) is 22.7 Å². The highest BCUT2D eigenvalue weighted by atomic mass is 16.5. The van der Waals surface area contributed by atoms with Gasteiger partial charge in [0.15, 0.2) is 0 Å². The zero-order valence-electron chi connectivity index (χ0n) is 20.5. The lowest BCUT2D eigenvalue weighted by Gasteiger charge is -2.32. The van der Waals surface area contributed by atoms with Crippen molar-refractivity contribution < 1.29 is 14.3 Å². The molecule has 0 radical (unpaired) electrons. The summed E-state index contributed by atoms with van der Waals surface area (Å²) in [5.41, 5.74) is 4.00. The predicted octanol–water partition coefficient (Wildman–Crippen LogP) is 6.21. The molecule has 5 heteroatoms. The van der Waals surface area contributed by atoms with Crippen LogP contribution in [0.5, 0.6) is 5.75 Å². The van der Waals surface area contributed by atoms with E-state index in [4.69, 9.17) is 14.5 Å². The van der Waals surface area contributed by atoms with Crippen molar-refractivity contribution in [1.29, 1.82) is 0 Å². The third kappa shape index (κ3) is 6.15. The summed E-state index contributed by atoms with van der Waals surface area (Å²) in [4.78, 5) is 19.3. The summed E-state index contributed by atoms with van der Waals surface area (Å²) >= 11 is 0. The molecule has 34 heavy (non-hydrogen) atoms. The molecular weight excluding hydrogens is 424 g/mol. The normalized spacial score (nSPS) is 14.5. The van der Waals surface area contributed by atoms with Crippen molar-refractivity contribution in [3.63, 3.8) is 0 Å². The van der Waals surface area contributed by atoms with Gasteiger partial charge in [-0.25, -0.2) is 4.98 Å². The molecule has 1 saturated heterocycles. The van der Waals surface area contributed by atoms with E-state index in [1.807, 2.05) is 41.3 Å². The van der Waals surface area contributed by atoms with Crippen molar-refractivity contribution >= 4 is 16.8 Å². The minimum atomic E-state index is 0.154. The zero-order valence-corrected chi connectivity index (χ0v) is 20.5. The first-order valence-electron chi connectivity index (χ1n) is 12.6.